The van der Waals surface area contributed by atoms with E-state index >= 15 is 0 Å². The van der Waals surface area contributed by atoms with Crippen molar-refractivity contribution in [1.82, 2.24) is 0 Å². The molecule has 0 saturated carbocycles. The zero-order valence-corrected chi connectivity index (χ0v) is 47.8. The number of unbranched alkanes of at least 4 members (excludes halogenated alkanes) is 41. The molecule has 0 amide bonds. The van der Waals surface area contributed by atoms with Crippen LogP contribution in [0.5, 0.6) is 0 Å². The number of carbonyl (C=O) groups excluding carboxylic acids is 3. The minimum Gasteiger partial charge on any atom is -0.462 e. The van der Waals surface area contributed by atoms with Crippen molar-refractivity contribution < 1.29 is 28.6 Å². The third kappa shape index (κ3) is 58.4. The van der Waals surface area contributed by atoms with E-state index in [-0.39, 0.29) is 31.1 Å². The van der Waals surface area contributed by atoms with Gasteiger partial charge in [0, 0.05) is 19.3 Å². The zero-order chi connectivity index (χ0) is 51.4. The third-order valence-electron chi connectivity index (χ3n) is 14.1. The molecular formula is C65H120O6. The second-order valence-electron chi connectivity index (χ2n) is 21.3. The number of ether oxygens (including phenoxy) is 3. The number of rotatable bonds is 58. The predicted molar refractivity (Wildman–Crippen MR) is 307 cm³/mol. The first-order chi connectivity index (χ1) is 35.0. The number of esters is 3. The van der Waals surface area contributed by atoms with Crippen LogP contribution in [-0.4, -0.2) is 37.2 Å². The van der Waals surface area contributed by atoms with E-state index in [1.165, 1.54) is 238 Å². The predicted octanol–water partition coefficient (Wildman–Crippen LogP) is 21.2. The lowest BCUT2D eigenvalue weighted by Gasteiger charge is -2.18. The highest BCUT2D eigenvalue weighted by molar-refractivity contribution is 5.71. The van der Waals surface area contributed by atoms with Gasteiger partial charge in [0.2, 0.25) is 0 Å². The fourth-order valence-electron chi connectivity index (χ4n) is 9.35. The molecule has 0 spiro atoms. The minimum absolute atomic E-state index is 0.0698. The van der Waals surface area contributed by atoms with E-state index in [9.17, 15) is 14.4 Å². The summed E-state index contributed by atoms with van der Waals surface area (Å²) in [7, 11) is 0. The lowest BCUT2D eigenvalue weighted by atomic mass is 10.0. The van der Waals surface area contributed by atoms with Crippen molar-refractivity contribution in [1.29, 1.82) is 0 Å². The topological polar surface area (TPSA) is 78.9 Å². The van der Waals surface area contributed by atoms with Crippen molar-refractivity contribution in [2.45, 2.75) is 348 Å². The summed E-state index contributed by atoms with van der Waals surface area (Å²) in [5.41, 5.74) is 0. The van der Waals surface area contributed by atoms with Crippen molar-refractivity contribution in [2.75, 3.05) is 13.2 Å². The zero-order valence-electron chi connectivity index (χ0n) is 47.8. The molecule has 416 valence electrons. The highest BCUT2D eigenvalue weighted by atomic mass is 16.6. The molecule has 0 bridgehead atoms. The normalized spacial score (nSPS) is 12.2. The molecule has 0 fully saturated rings. The van der Waals surface area contributed by atoms with Crippen molar-refractivity contribution in [2.24, 2.45) is 0 Å². The largest absolute Gasteiger partial charge is 0.462 e. The summed E-state index contributed by atoms with van der Waals surface area (Å²) in [4.78, 5) is 38.1. The Hall–Kier alpha value is -2.37. The Kier molecular flexibility index (Phi) is 58.2. The van der Waals surface area contributed by atoms with Crippen LogP contribution in [0.1, 0.15) is 342 Å². The molecular weight excluding hydrogens is 877 g/mol. The van der Waals surface area contributed by atoms with Gasteiger partial charge in [0.15, 0.2) is 6.10 Å². The van der Waals surface area contributed by atoms with Crippen LogP contribution in [0.4, 0.5) is 0 Å². The molecule has 0 saturated heterocycles. The molecule has 0 aromatic heterocycles. The number of hydrogen-bond donors (Lipinski definition) is 0. The van der Waals surface area contributed by atoms with Gasteiger partial charge in [-0.1, -0.05) is 282 Å². The first-order valence-electron chi connectivity index (χ1n) is 31.5. The summed E-state index contributed by atoms with van der Waals surface area (Å²) in [6.45, 7) is 6.66. The van der Waals surface area contributed by atoms with Gasteiger partial charge < -0.3 is 14.2 Å². The van der Waals surface area contributed by atoms with Gasteiger partial charge in [-0.25, -0.2) is 0 Å². The molecule has 0 aromatic carbocycles. The van der Waals surface area contributed by atoms with Gasteiger partial charge in [0.1, 0.15) is 13.2 Å². The summed E-state index contributed by atoms with van der Waals surface area (Å²) >= 11 is 0. The molecule has 1 atom stereocenters. The van der Waals surface area contributed by atoms with Gasteiger partial charge >= 0.3 is 17.9 Å². The number of hydrogen-bond acceptors (Lipinski definition) is 6. The molecule has 0 aliphatic rings. The Morgan fingerprint density at radius 2 is 0.507 bits per heavy atom. The summed E-state index contributed by atoms with van der Waals surface area (Å²) < 4.78 is 16.9. The Bertz CT molecular complexity index is 1190. The average molecular weight is 998 g/mol. The molecule has 0 radical (unpaired) electrons. The molecule has 0 heterocycles. The van der Waals surface area contributed by atoms with Crippen molar-refractivity contribution in [3.8, 4) is 0 Å². The fraction of sp³-hybridized carbons (Fsp3) is 0.862. The minimum atomic E-state index is -0.771. The third-order valence-corrected chi connectivity index (χ3v) is 14.1. The van der Waals surface area contributed by atoms with Crippen molar-refractivity contribution in [3.63, 3.8) is 0 Å². The SMILES string of the molecule is CCCCCCC/C=C\C/C=C\CCCCCCCCCCCCCC(=O)OCC(COC(=O)CCCCCCCCCCC)OC(=O)CCCCCCCCCCC/C=C\CCCCCCCCCC. The molecule has 71 heavy (non-hydrogen) atoms. The second-order valence-corrected chi connectivity index (χ2v) is 21.3. The maximum absolute atomic E-state index is 12.9. The monoisotopic (exact) mass is 997 g/mol. The van der Waals surface area contributed by atoms with E-state index in [2.05, 4.69) is 57.2 Å². The smallest absolute Gasteiger partial charge is 0.306 e. The van der Waals surface area contributed by atoms with Gasteiger partial charge in [0.05, 0.1) is 0 Å². The summed E-state index contributed by atoms with van der Waals surface area (Å²) in [6.07, 6.45) is 73.0. The van der Waals surface area contributed by atoms with Gasteiger partial charge in [-0.15, -0.1) is 0 Å². The van der Waals surface area contributed by atoms with Crippen LogP contribution in [0.25, 0.3) is 0 Å². The summed E-state index contributed by atoms with van der Waals surface area (Å²) in [6, 6.07) is 0. The lowest BCUT2D eigenvalue weighted by Crippen LogP contribution is -2.30. The van der Waals surface area contributed by atoms with Gasteiger partial charge in [-0.2, -0.15) is 0 Å². The van der Waals surface area contributed by atoms with Gasteiger partial charge in [0.25, 0.3) is 0 Å². The maximum atomic E-state index is 12.9. The average Bonchev–Trinajstić information content (AvgIpc) is 3.37. The Balaban J connectivity index is 4.20. The van der Waals surface area contributed by atoms with Crippen molar-refractivity contribution >= 4 is 17.9 Å². The molecule has 0 aliphatic heterocycles. The van der Waals surface area contributed by atoms with Crippen LogP contribution < -0.4 is 0 Å². The Morgan fingerprint density at radius 3 is 0.789 bits per heavy atom. The maximum Gasteiger partial charge on any atom is 0.306 e. The van der Waals surface area contributed by atoms with E-state index in [4.69, 9.17) is 14.2 Å². The van der Waals surface area contributed by atoms with Gasteiger partial charge in [-0.3, -0.25) is 14.4 Å². The summed E-state index contributed by atoms with van der Waals surface area (Å²) in [5, 5.41) is 0. The quantitative estimate of drug-likeness (QED) is 0.0261. The van der Waals surface area contributed by atoms with Crippen LogP contribution in [0.2, 0.25) is 0 Å². The van der Waals surface area contributed by atoms with Crippen molar-refractivity contribution in [3.05, 3.63) is 36.5 Å². The van der Waals surface area contributed by atoms with Crippen LogP contribution in [0.3, 0.4) is 0 Å². The van der Waals surface area contributed by atoms with Crippen LogP contribution in [-0.2, 0) is 28.6 Å². The van der Waals surface area contributed by atoms with Crippen LogP contribution in [0.15, 0.2) is 36.5 Å². The number of carbonyl (C=O) groups is 3. The highest BCUT2D eigenvalue weighted by Crippen LogP contribution is 2.17. The van der Waals surface area contributed by atoms with E-state index in [1.807, 2.05) is 0 Å². The molecule has 0 aliphatic carbocycles. The van der Waals surface area contributed by atoms with E-state index < -0.39 is 6.10 Å². The molecule has 0 rings (SSSR count). The van der Waals surface area contributed by atoms with E-state index in [0.717, 1.165) is 64.2 Å². The van der Waals surface area contributed by atoms with Gasteiger partial charge in [-0.05, 0) is 77.0 Å². The lowest BCUT2D eigenvalue weighted by molar-refractivity contribution is -0.167. The summed E-state index contributed by atoms with van der Waals surface area (Å²) in [5.74, 6) is -0.857. The molecule has 0 N–H and O–H groups in total. The van der Waals surface area contributed by atoms with E-state index in [1.54, 1.807) is 0 Å². The standard InChI is InChI=1S/C65H120O6/c1-4-7-10-13-16-19-21-23-25-27-29-31-32-34-35-37-39-41-43-46-49-52-55-58-64(67)70-61-62(60-69-63(66)57-54-51-48-45-18-15-12-9-6-3)71-65(68)59-56-53-50-47-44-42-40-38-36-33-30-28-26-24-22-20-17-14-11-8-5-2/h21,23,27-30,62H,4-20,22,24-26,31-61H2,1-3H3/b23-21-,29-27-,30-28-. The van der Waals surface area contributed by atoms with E-state index in [0.29, 0.717) is 19.3 Å². The molecule has 1 unspecified atom stereocenters. The molecule has 6 heteroatoms. The first-order valence-corrected chi connectivity index (χ1v) is 31.5. The Morgan fingerprint density at radius 1 is 0.282 bits per heavy atom. The fourth-order valence-corrected chi connectivity index (χ4v) is 9.35. The van der Waals surface area contributed by atoms with Crippen LogP contribution >= 0.6 is 0 Å². The highest BCUT2D eigenvalue weighted by Gasteiger charge is 2.19. The van der Waals surface area contributed by atoms with Crippen LogP contribution in [0, 0.1) is 0 Å². The number of allylic oxidation sites excluding steroid dienone is 6. The first kappa shape index (κ1) is 68.6. The molecule has 0 aromatic rings. The second kappa shape index (κ2) is 60.2. The molecule has 6 nitrogen and oxygen atoms in total. The Labute approximate surface area is 442 Å².